The van der Waals surface area contributed by atoms with Crippen molar-refractivity contribution in [3.8, 4) is 0 Å². The van der Waals surface area contributed by atoms with Gasteiger partial charge in [-0.25, -0.2) is 0 Å². The Kier molecular flexibility index (Phi) is 5.03. The summed E-state index contributed by atoms with van der Waals surface area (Å²) in [7, 11) is 1.95. The largest absolute Gasteiger partial charge is 0.362 e. The molecule has 1 aromatic rings. The molecule has 4 heteroatoms. The smallest absolute Gasteiger partial charge is 0.173 e. The van der Waals surface area contributed by atoms with E-state index in [0.29, 0.717) is 0 Å². The highest BCUT2D eigenvalue weighted by atomic mass is 35.5. The van der Waals surface area contributed by atoms with Crippen LogP contribution in [0.4, 0.5) is 5.69 Å². The van der Waals surface area contributed by atoms with E-state index in [-0.39, 0.29) is 0 Å². The van der Waals surface area contributed by atoms with Crippen LogP contribution in [0.25, 0.3) is 0 Å². The normalized spacial score (nSPS) is 10.0. The van der Waals surface area contributed by atoms with Gasteiger partial charge >= 0.3 is 0 Å². The van der Waals surface area contributed by atoms with Crippen molar-refractivity contribution in [2.45, 2.75) is 20.3 Å². The molecule has 0 radical (unpaired) electrons. The van der Waals surface area contributed by atoms with E-state index in [1.165, 1.54) is 0 Å². The quantitative estimate of drug-likeness (QED) is 0.835. The molecule has 0 amide bonds. The minimum Gasteiger partial charge on any atom is -0.362 e. The standard InChI is InChI=1S/C12H17ClN2S/c1-4-7-14-12(16)15(3)11-8-10(13)6-5-9(11)2/h5-6,8H,4,7H2,1-3H3,(H,14,16). The first-order valence-electron chi connectivity index (χ1n) is 5.34. The number of benzene rings is 1. The van der Waals surface area contributed by atoms with Crippen LogP contribution >= 0.6 is 23.8 Å². The number of nitrogens with one attached hydrogen (secondary N) is 1. The maximum Gasteiger partial charge on any atom is 0.173 e. The Bertz CT molecular complexity index is 379. The fourth-order valence-corrected chi connectivity index (χ4v) is 1.77. The molecule has 0 unspecified atom stereocenters. The summed E-state index contributed by atoms with van der Waals surface area (Å²) in [6.07, 6.45) is 1.06. The van der Waals surface area contributed by atoms with Crippen molar-refractivity contribution in [3.63, 3.8) is 0 Å². The molecule has 2 nitrogen and oxygen atoms in total. The van der Waals surface area contributed by atoms with Crippen LogP contribution in [0.2, 0.25) is 5.02 Å². The van der Waals surface area contributed by atoms with Gasteiger partial charge in [0.1, 0.15) is 0 Å². The Morgan fingerprint density at radius 3 is 2.81 bits per heavy atom. The molecule has 0 aromatic heterocycles. The van der Waals surface area contributed by atoms with Gasteiger partial charge in [-0.05, 0) is 43.3 Å². The molecule has 1 rings (SSSR count). The van der Waals surface area contributed by atoms with Gasteiger partial charge in [-0.3, -0.25) is 0 Å². The van der Waals surface area contributed by atoms with Gasteiger partial charge in [-0.1, -0.05) is 24.6 Å². The Morgan fingerprint density at radius 2 is 2.19 bits per heavy atom. The third kappa shape index (κ3) is 3.35. The SMILES string of the molecule is CCCNC(=S)N(C)c1cc(Cl)ccc1C. The maximum atomic E-state index is 5.98. The molecule has 0 heterocycles. The number of halogens is 1. The van der Waals surface area contributed by atoms with Crippen LogP contribution in [0.1, 0.15) is 18.9 Å². The van der Waals surface area contributed by atoms with E-state index in [1.807, 2.05) is 37.1 Å². The van der Waals surface area contributed by atoms with E-state index < -0.39 is 0 Å². The predicted molar refractivity (Wildman–Crippen MR) is 75.5 cm³/mol. The van der Waals surface area contributed by atoms with Crippen LogP contribution in [-0.4, -0.2) is 18.7 Å². The zero-order chi connectivity index (χ0) is 12.1. The minimum absolute atomic E-state index is 0.728. The molecular formula is C12H17ClN2S. The van der Waals surface area contributed by atoms with Crippen molar-refractivity contribution >= 4 is 34.6 Å². The summed E-state index contributed by atoms with van der Waals surface area (Å²) in [5, 5.41) is 4.65. The third-order valence-electron chi connectivity index (χ3n) is 2.36. The van der Waals surface area contributed by atoms with Crippen molar-refractivity contribution in [2.75, 3.05) is 18.5 Å². The third-order valence-corrected chi connectivity index (χ3v) is 3.02. The van der Waals surface area contributed by atoms with Crippen LogP contribution in [0.15, 0.2) is 18.2 Å². The second kappa shape index (κ2) is 6.06. The molecule has 1 N–H and O–H groups in total. The topological polar surface area (TPSA) is 15.3 Å². The van der Waals surface area contributed by atoms with Crippen LogP contribution in [0, 0.1) is 6.92 Å². The zero-order valence-corrected chi connectivity index (χ0v) is 11.5. The van der Waals surface area contributed by atoms with Crippen LogP contribution in [-0.2, 0) is 0 Å². The van der Waals surface area contributed by atoms with Crippen LogP contribution in [0.3, 0.4) is 0 Å². The van der Waals surface area contributed by atoms with Crippen molar-refractivity contribution in [1.29, 1.82) is 0 Å². The van der Waals surface area contributed by atoms with Crippen molar-refractivity contribution in [1.82, 2.24) is 5.32 Å². The van der Waals surface area contributed by atoms with E-state index in [1.54, 1.807) is 0 Å². The van der Waals surface area contributed by atoms with Gasteiger partial charge in [-0.2, -0.15) is 0 Å². The number of hydrogen-bond acceptors (Lipinski definition) is 1. The molecular weight excluding hydrogens is 240 g/mol. The number of anilines is 1. The summed E-state index contributed by atoms with van der Waals surface area (Å²) < 4.78 is 0. The van der Waals surface area contributed by atoms with Crippen molar-refractivity contribution < 1.29 is 0 Å². The van der Waals surface area contributed by atoms with E-state index in [9.17, 15) is 0 Å². The Morgan fingerprint density at radius 1 is 1.50 bits per heavy atom. The molecule has 88 valence electrons. The van der Waals surface area contributed by atoms with E-state index >= 15 is 0 Å². The predicted octanol–water partition coefficient (Wildman–Crippen LogP) is 3.37. The van der Waals surface area contributed by atoms with Gasteiger partial charge in [0.2, 0.25) is 0 Å². The van der Waals surface area contributed by atoms with Gasteiger partial charge in [0.25, 0.3) is 0 Å². The highest BCUT2D eigenvalue weighted by Gasteiger charge is 2.09. The molecule has 0 saturated heterocycles. The van der Waals surface area contributed by atoms with E-state index in [4.69, 9.17) is 23.8 Å². The maximum absolute atomic E-state index is 5.98. The number of rotatable bonds is 3. The Labute approximate surface area is 108 Å². The first kappa shape index (κ1) is 13.3. The highest BCUT2D eigenvalue weighted by Crippen LogP contribution is 2.23. The summed E-state index contributed by atoms with van der Waals surface area (Å²) in [4.78, 5) is 1.95. The average Bonchev–Trinajstić information content (AvgIpc) is 2.28. The summed E-state index contributed by atoms with van der Waals surface area (Å²) in [6, 6.07) is 5.81. The second-order valence-electron chi connectivity index (χ2n) is 3.72. The number of hydrogen-bond donors (Lipinski definition) is 1. The Hall–Kier alpha value is -0.800. The van der Waals surface area contributed by atoms with E-state index in [2.05, 4.69) is 12.2 Å². The summed E-state index contributed by atoms with van der Waals surface area (Å²) in [5.74, 6) is 0. The molecule has 0 atom stereocenters. The van der Waals surface area contributed by atoms with Gasteiger partial charge in [0.05, 0.1) is 0 Å². The summed E-state index contributed by atoms with van der Waals surface area (Å²) in [5.41, 5.74) is 2.20. The van der Waals surface area contributed by atoms with Crippen LogP contribution < -0.4 is 10.2 Å². The lowest BCUT2D eigenvalue weighted by atomic mass is 10.2. The lowest BCUT2D eigenvalue weighted by Gasteiger charge is -2.23. The minimum atomic E-state index is 0.728. The molecule has 0 aliphatic rings. The molecule has 0 aliphatic carbocycles. The first-order valence-corrected chi connectivity index (χ1v) is 6.12. The lowest BCUT2D eigenvalue weighted by Crippen LogP contribution is -2.37. The number of aryl methyl sites for hydroxylation is 1. The molecule has 0 bridgehead atoms. The average molecular weight is 257 g/mol. The monoisotopic (exact) mass is 256 g/mol. The fraction of sp³-hybridized carbons (Fsp3) is 0.417. The summed E-state index contributed by atoms with van der Waals surface area (Å²) in [6.45, 7) is 5.05. The van der Waals surface area contributed by atoms with E-state index in [0.717, 1.165) is 34.4 Å². The number of nitrogens with zero attached hydrogens (tertiary/aromatic N) is 1. The molecule has 0 spiro atoms. The Balaban J connectivity index is 2.82. The van der Waals surface area contributed by atoms with Gasteiger partial charge in [0, 0.05) is 24.3 Å². The first-order chi connectivity index (χ1) is 7.56. The van der Waals surface area contributed by atoms with Crippen LogP contribution in [0.5, 0.6) is 0 Å². The zero-order valence-electron chi connectivity index (χ0n) is 9.88. The molecule has 0 aliphatic heterocycles. The molecule has 0 fully saturated rings. The molecule has 0 saturated carbocycles. The second-order valence-corrected chi connectivity index (χ2v) is 4.54. The molecule has 16 heavy (non-hydrogen) atoms. The van der Waals surface area contributed by atoms with Gasteiger partial charge in [0.15, 0.2) is 5.11 Å². The highest BCUT2D eigenvalue weighted by molar-refractivity contribution is 7.80. The fourth-order valence-electron chi connectivity index (χ4n) is 1.40. The summed E-state index contributed by atoms with van der Waals surface area (Å²) >= 11 is 11.3. The van der Waals surface area contributed by atoms with Gasteiger partial charge < -0.3 is 10.2 Å². The van der Waals surface area contributed by atoms with Crippen molar-refractivity contribution in [2.24, 2.45) is 0 Å². The lowest BCUT2D eigenvalue weighted by molar-refractivity contribution is 0.837. The number of thiocarbonyl (C=S) groups is 1. The van der Waals surface area contributed by atoms with Crippen molar-refractivity contribution in [3.05, 3.63) is 28.8 Å². The molecule has 1 aromatic carbocycles. The van der Waals surface area contributed by atoms with Gasteiger partial charge in [-0.15, -0.1) is 0 Å².